The van der Waals surface area contributed by atoms with Crippen molar-refractivity contribution in [3.63, 3.8) is 0 Å². The van der Waals surface area contributed by atoms with Crippen molar-refractivity contribution < 1.29 is 28.4 Å². The maximum absolute atomic E-state index is 5.73. The minimum absolute atomic E-state index is 0.221. The molecule has 2 aromatic carbocycles. The smallest absolute Gasteiger partial charge is 0.231 e. The van der Waals surface area contributed by atoms with Crippen molar-refractivity contribution in [1.82, 2.24) is 0 Å². The number of hydrogen-bond donors (Lipinski definition) is 0. The van der Waals surface area contributed by atoms with Gasteiger partial charge in [0.2, 0.25) is 12.5 Å². The number of methoxy groups -OCH3 is 4. The predicted octanol–water partition coefficient (Wildman–Crippen LogP) is 4.60. The van der Waals surface area contributed by atoms with Gasteiger partial charge in [-0.25, -0.2) is 0 Å². The van der Waals surface area contributed by atoms with Gasteiger partial charge in [0.25, 0.3) is 0 Å². The molecule has 0 saturated heterocycles. The van der Waals surface area contributed by atoms with Gasteiger partial charge in [-0.2, -0.15) is 0 Å². The summed E-state index contributed by atoms with van der Waals surface area (Å²) in [6.45, 7) is 4.79. The summed E-state index contributed by atoms with van der Waals surface area (Å²) in [6.07, 6.45) is 0. The van der Waals surface area contributed by atoms with Crippen molar-refractivity contribution >= 4 is 0 Å². The number of ether oxygens (including phenoxy) is 6. The van der Waals surface area contributed by atoms with Gasteiger partial charge in [-0.15, -0.1) is 0 Å². The number of hydrogen-bond acceptors (Lipinski definition) is 6. The molecule has 0 bridgehead atoms. The molecule has 6 heteroatoms. The molecule has 6 nitrogen and oxygen atoms in total. The van der Waals surface area contributed by atoms with Crippen molar-refractivity contribution in [1.29, 1.82) is 0 Å². The van der Waals surface area contributed by atoms with Crippen LogP contribution in [0.4, 0.5) is 0 Å². The maximum atomic E-state index is 5.73. The Balaban J connectivity index is 1.79. The van der Waals surface area contributed by atoms with Crippen LogP contribution in [0.3, 0.4) is 0 Å². The monoisotopic (exact) mass is 400 g/mol. The molecule has 2 aliphatic rings. The Morgan fingerprint density at radius 3 is 1.97 bits per heavy atom. The van der Waals surface area contributed by atoms with Crippen molar-refractivity contribution in [2.75, 3.05) is 35.2 Å². The molecule has 156 valence electrons. The van der Waals surface area contributed by atoms with Crippen LogP contribution in [0.2, 0.25) is 0 Å². The van der Waals surface area contributed by atoms with Crippen molar-refractivity contribution in [2.24, 2.45) is 11.8 Å². The quantitative estimate of drug-likeness (QED) is 0.706. The van der Waals surface area contributed by atoms with E-state index in [2.05, 4.69) is 26.0 Å². The van der Waals surface area contributed by atoms with E-state index in [4.69, 9.17) is 28.4 Å². The second-order valence-electron chi connectivity index (χ2n) is 7.68. The number of fused-ring (bicyclic) bond motifs is 1. The summed E-state index contributed by atoms with van der Waals surface area (Å²) in [4.78, 5) is 0. The highest BCUT2D eigenvalue weighted by molar-refractivity contribution is 5.58. The summed E-state index contributed by atoms with van der Waals surface area (Å²) >= 11 is 0. The largest absolute Gasteiger partial charge is 0.496 e. The zero-order valence-electron chi connectivity index (χ0n) is 17.8. The van der Waals surface area contributed by atoms with Crippen molar-refractivity contribution in [3.8, 4) is 34.5 Å². The van der Waals surface area contributed by atoms with Gasteiger partial charge in [-0.3, -0.25) is 0 Å². The number of benzene rings is 2. The Hall–Kier alpha value is -2.76. The average Bonchev–Trinajstić information content (AvgIpc) is 3.23. The molecule has 0 unspecified atom stereocenters. The lowest BCUT2D eigenvalue weighted by molar-refractivity contribution is 0.119. The van der Waals surface area contributed by atoms with E-state index in [0.717, 1.165) is 17.1 Å². The predicted molar refractivity (Wildman–Crippen MR) is 109 cm³/mol. The first-order chi connectivity index (χ1) is 14.0. The lowest BCUT2D eigenvalue weighted by atomic mass is 9.53. The van der Waals surface area contributed by atoms with E-state index in [1.807, 2.05) is 12.1 Å². The molecule has 4 rings (SSSR count). The van der Waals surface area contributed by atoms with Gasteiger partial charge in [0.15, 0.2) is 23.0 Å². The first-order valence-electron chi connectivity index (χ1n) is 9.81. The third-order valence-electron chi connectivity index (χ3n) is 6.51. The van der Waals surface area contributed by atoms with Crippen LogP contribution >= 0.6 is 0 Å². The summed E-state index contributed by atoms with van der Waals surface area (Å²) < 4.78 is 33.5. The standard InChI is InChI=1S/C23H28O6/c1-12-13(2)22(15-9-17(25-4)18(26-5)10-16(15)24-3)21(12)14-7-19(27-6)23-20(8-14)28-11-29-23/h7-10,12-13,21-22H,11H2,1-6H3/t12-,13-,21+,22-/m0/s1. The van der Waals surface area contributed by atoms with Crippen LogP contribution < -0.4 is 28.4 Å². The molecule has 0 amide bonds. The highest BCUT2D eigenvalue weighted by Crippen LogP contribution is 2.61. The average molecular weight is 400 g/mol. The van der Waals surface area contributed by atoms with E-state index < -0.39 is 0 Å². The molecular weight excluding hydrogens is 372 g/mol. The lowest BCUT2D eigenvalue weighted by Gasteiger charge is -2.50. The van der Waals surface area contributed by atoms with Gasteiger partial charge in [0.1, 0.15) is 5.75 Å². The van der Waals surface area contributed by atoms with Gasteiger partial charge in [0, 0.05) is 11.6 Å². The zero-order valence-corrected chi connectivity index (χ0v) is 17.8. The molecule has 0 aromatic heterocycles. The second kappa shape index (κ2) is 7.58. The van der Waals surface area contributed by atoms with E-state index in [-0.39, 0.29) is 12.7 Å². The first kappa shape index (κ1) is 19.6. The second-order valence-corrected chi connectivity index (χ2v) is 7.68. The van der Waals surface area contributed by atoms with Crippen LogP contribution in [0, 0.1) is 11.8 Å². The minimum atomic E-state index is 0.221. The van der Waals surface area contributed by atoms with Crippen LogP contribution in [0.25, 0.3) is 0 Å². The van der Waals surface area contributed by atoms with Gasteiger partial charge in [-0.1, -0.05) is 13.8 Å². The molecule has 29 heavy (non-hydrogen) atoms. The fourth-order valence-electron chi connectivity index (χ4n) is 4.81. The van der Waals surface area contributed by atoms with Crippen molar-refractivity contribution in [3.05, 3.63) is 35.4 Å². The molecule has 1 heterocycles. The Kier molecular flexibility index (Phi) is 5.11. The van der Waals surface area contributed by atoms with E-state index in [1.165, 1.54) is 5.56 Å². The Morgan fingerprint density at radius 1 is 0.690 bits per heavy atom. The third kappa shape index (κ3) is 3.02. The summed E-state index contributed by atoms with van der Waals surface area (Å²) in [5.41, 5.74) is 2.30. The Labute approximate surface area is 171 Å². The van der Waals surface area contributed by atoms with E-state index >= 15 is 0 Å². The van der Waals surface area contributed by atoms with Gasteiger partial charge in [-0.05, 0) is 47.4 Å². The molecule has 1 fully saturated rings. The summed E-state index contributed by atoms with van der Waals surface area (Å²) in [7, 11) is 6.63. The van der Waals surface area contributed by atoms with Crippen LogP contribution in [0.1, 0.15) is 36.8 Å². The summed E-state index contributed by atoms with van der Waals surface area (Å²) in [5.74, 6) is 5.83. The lowest BCUT2D eigenvalue weighted by Crippen LogP contribution is -2.40. The summed E-state index contributed by atoms with van der Waals surface area (Å²) in [6, 6.07) is 8.10. The Bertz CT molecular complexity index is 909. The van der Waals surface area contributed by atoms with Crippen LogP contribution in [0.15, 0.2) is 24.3 Å². The van der Waals surface area contributed by atoms with Crippen LogP contribution in [-0.4, -0.2) is 35.2 Å². The fraction of sp³-hybridized carbons (Fsp3) is 0.478. The van der Waals surface area contributed by atoms with Gasteiger partial charge in [0.05, 0.1) is 28.4 Å². The molecule has 2 aromatic rings. The van der Waals surface area contributed by atoms with Crippen molar-refractivity contribution in [2.45, 2.75) is 25.7 Å². The van der Waals surface area contributed by atoms with Crippen LogP contribution in [-0.2, 0) is 0 Å². The molecule has 0 N–H and O–H groups in total. The normalized spacial score (nSPS) is 24.6. The Morgan fingerprint density at radius 2 is 1.31 bits per heavy atom. The molecule has 1 aliphatic heterocycles. The first-order valence-corrected chi connectivity index (χ1v) is 9.81. The van der Waals surface area contributed by atoms with Gasteiger partial charge < -0.3 is 28.4 Å². The summed E-state index contributed by atoms with van der Waals surface area (Å²) in [5, 5.41) is 0. The highest BCUT2D eigenvalue weighted by atomic mass is 16.7. The number of rotatable bonds is 6. The van der Waals surface area contributed by atoms with E-state index in [0.29, 0.717) is 40.8 Å². The zero-order chi connectivity index (χ0) is 20.7. The molecule has 0 radical (unpaired) electrons. The van der Waals surface area contributed by atoms with E-state index in [9.17, 15) is 0 Å². The molecule has 0 spiro atoms. The molecular formula is C23H28O6. The van der Waals surface area contributed by atoms with Crippen LogP contribution in [0.5, 0.6) is 34.5 Å². The SMILES string of the molecule is COc1cc(OC)c([C@@H]2[C@@H](C)[C@H](C)[C@@H]2c2cc(OC)c3c(c2)OCO3)cc1OC. The minimum Gasteiger partial charge on any atom is -0.496 e. The molecule has 4 atom stereocenters. The maximum Gasteiger partial charge on any atom is 0.231 e. The van der Waals surface area contributed by atoms with E-state index in [1.54, 1.807) is 28.4 Å². The third-order valence-corrected chi connectivity index (χ3v) is 6.51. The van der Waals surface area contributed by atoms with Gasteiger partial charge >= 0.3 is 0 Å². The fourth-order valence-corrected chi connectivity index (χ4v) is 4.81. The highest BCUT2D eigenvalue weighted by Gasteiger charge is 2.48. The topological polar surface area (TPSA) is 55.4 Å². The molecule has 1 aliphatic carbocycles. The molecule has 1 saturated carbocycles.